The predicted molar refractivity (Wildman–Crippen MR) is 63.0 cm³/mol. The van der Waals surface area contributed by atoms with Crippen LogP contribution in [0, 0.1) is 0 Å². The van der Waals surface area contributed by atoms with Gasteiger partial charge in [-0.05, 0) is 19.4 Å². The van der Waals surface area contributed by atoms with Crippen molar-refractivity contribution in [3.05, 3.63) is 29.0 Å². The number of rotatable bonds is 5. The number of carbonyl (C=O) groups is 2. The van der Waals surface area contributed by atoms with Crippen LogP contribution in [-0.2, 0) is 4.79 Å². The number of carboxylic acids is 1. The van der Waals surface area contributed by atoms with Gasteiger partial charge < -0.3 is 10.4 Å². The summed E-state index contributed by atoms with van der Waals surface area (Å²) in [7, 11) is 0. The van der Waals surface area contributed by atoms with Gasteiger partial charge in [-0.25, -0.2) is 0 Å². The molecule has 92 valence electrons. The summed E-state index contributed by atoms with van der Waals surface area (Å²) in [5, 5.41) is 11.5. The Labute approximate surface area is 104 Å². The Balaban J connectivity index is 2.55. The third kappa shape index (κ3) is 4.40. The van der Waals surface area contributed by atoms with Crippen LogP contribution in [0.4, 0.5) is 0 Å². The minimum absolute atomic E-state index is 0.0194. The number of aromatic nitrogens is 1. The average molecular weight is 257 g/mol. The molecule has 0 saturated carbocycles. The first-order chi connectivity index (χ1) is 8.00. The first-order valence-electron chi connectivity index (χ1n) is 5.13. The molecule has 0 fully saturated rings. The number of amides is 1. The third-order valence-electron chi connectivity index (χ3n) is 2.19. The van der Waals surface area contributed by atoms with Crippen molar-refractivity contribution >= 4 is 23.5 Å². The number of hydrogen-bond acceptors (Lipinski definition) is 3. The van der Waals surface area contributed by atoms with E-state index in [2.05, 4.69) is 10.3 Å². The number of carboxylic acid groups (broad SMARTS) is 1. The quantitative estimate of drug-likeness (QED) is 0.841. The van der Waals surface area contributed by atoms with Crippen molar-refractivity contribution in [1.29, 1.82) is 0 Å². The summed E-state index contributed by atoms with van der Waals surface area (Å²) < 4.78 is 0. The van der Waals surface area contributed by atoms with Gasteiger partial charge in [0.15, 0.2) is 0 Å². The molecule has 0 aromatic carbocycles. The molecule has 1 aromatic rings. The van der Waals surface area contributed by atoms with Crippen molar-refractivity contribution in [3.63, 3.8) is 0 Å². The molecule has 0 aliphatic heterocycles. The molecule has 1 rings (SSSR count). The highest BCUT2D eigenvalue weighted by molar-refractivity contribution is 6.33. The van der Waals surface area contributed by atoms with Crippen LogP contribution in [0.1, 0.15) is 30.1 Å². The van der Waals surface area contributed by atoms with Gasteiger partial charge in [0.05, 0.1) is 10.6 Å². The fourth-order valence-corrected chi connectivity index (χ4v) is 1.48. The highest BCUT2D eigenvalue weighted by atomic mass is 35.5. The summed E-state index contributed by atoms with van der Waals surface area (Å²) in [4.78, 5) is 25.9. The van der Waals surface area contributed by atoms with Crippen LogP contribution in [0.15, 0.2) is 18.5 Å². The molecule has 0 aliphatic carbocycles. The maximum absolute atomic E-state index is 11.7. The van der Waals surface area contributed by atoms with Gasteiger partial charge in [-0.1, -0.05) is 11.6 Å². The summed E-state index contributed by atoms with van der Waals surface area (Å²) in [6.45, 7) is 1.75. The summed E-state index contributed by atoms with van der Waals surface area (Å²) in [6.07, 6.45) is 3.26. The van der Waals surface area contributed by atoms with Crippen molar-refractivity contribution in [2.45, 2.75) is 25.8 Å². The summed E-state index contributed by atoms with van der Waals surface area (Å²) in [5.74, 6) is -1.21. The van der Waals surface area contributed by atoms with E-state index in [9.17, 15) is 9.59 Å². The second-order valence-corrected chi connectivity index (χ2v) is 4.07. The smallest absolute Gasteiger partial charge is 0.303 e. The summed E-state index contributed by atoms with van der Waals surface area (Å²) in [6, 6.07) is 1.30. The Bertz CT molecular complexity index is 423. The van der Waals surface area contributed by atoms with Gasteiger partial charge in [-0.15, -0.1) is 0 Å². The summed E-state index contributed by atoms with van der Waals surface area (Å²) in [5.41, 5.74) is 0.337. The first-order valence-corrected chi connectivity index (χ1v) is 5.50. The average Bonchev–Trinajstić information content (AvgIpc) is 2.26. The first kappa shape index (κ1) is 13.4. The second kappa shape index (κ2) is 6.20. The van der Waals surface area contributed by atoms with E-state index in [1.807, 2.05) is 0 Å². The molecule has 1 aromatic heterocycles. The largest absolute Gasteiger partial charge is 0.481 e. The minimum Gasteiger partial charge on any atom is -0.481 e. The van der Waals surface area contributed by atoms with Crippen molar-refractivity contribution in [3.8, 4) is 0 Å². The molecule has 1 heterocycles. The van der Waals surface area contributed by atoms with E-state index in [1.165, 1.54) is 18.5 Å². The zero-order valence-electron chi connectivity index (χ0n) is 9.31. The Morgan fingerprint density at radius 3 is 2.88 bits per heavy atom. The maximum atomic E-state index is 11.7. The zero-order chi connectivity index (χ0) is 12.8. The fourth-order valence-electron chi connectivity index (χ4n) is 1.27. The molecular weight excluding hydrogens is 244 g/mol. The number of nitrogens with one attached hydrogen (secondary N) is 1. The van der Waals surface area contributed by atoms with Crippen LogP contribution < -0.4 is 5.32 Å². The monoisotopic (exact) mass is 256 g/mol. The standard InChI is InChI=1S/C11H13ClN2O3/c1-7(2-3-10(15)16)14-11(17)8-4-5-13-6-9(8)12/h4-7H,2-3H2,1H3,(H,14,17)(H,15,16). The molecule has 0 bridgehead atoms. The van der Waals surface area contributed by atoms with Crippen LogP contribution in [0.2, 0.25) is 5.02 Å². The molecular formula is C11H13ClN2O3. The molecule has 6 heteroatoms. The van der Waals surface area contributed by atoms with Crippen molar-refractivity contribution in [2.75, 3.05) is 0 Å². The molecule has 1 atom stereocenters. The van der Waals surface area contributed by atoms with E-state index in [0.717, 1.165) is 0 Å². The number of aliphatic carboxylic acids is 1. The number of pyridine rings is 1. The molecule has 1 unspecified atom stereocenters. The van der Waals surface area contributed by atoms with Crippen LogP contribution in [0.5, 0.6) is 0 Å². The zero-order valence-corrected chi connectivity index (χ0v) is 10.1. The molecule has 0 spiro atoms. The second-order valence-electron chi connectivity index (χ2n) is 3.66. The topological polar surface area (TPSA) is 79.3 Å². The Hall–Kier alpha value is -1.62. The van der Waals surface area contributed by atoms with Crippen LogP contribution in [-0.4, -0.2) is 28.0 Å². The molecule has 17 heavy (non-hydrogen) atoms. The molecule has 0 saturated heterocycles. The number of nitrogens with zero attached hydrogens (tertiary/aromatic N) is 1. The summed E-state index contributed by atoms with van der Waals surface area (Å²) >= 11 is 5.81. The van der Waals surface area contributed by atoms with Crippen molar-refractivity contribution < 1.29 is 14.7 Å². The lowest BCUT2D eigenvalue weighted by molar-refractivity contribution is -0.137. The third-order valence-corrected chi connectivity index (χ3v) is 2.49. The van der Waals surface area contributed by atoms with E-state index in [4.69, 9.17) is 16.7 Å². The highest BCUT2D eigenvalue weighted by Gasteiger charge is 2.13. The van der Waals surface area contributed by atoms with Crippen LogP contribution in [0.25, 0.3) is 0 Å². The van der Waals surface area contributed by atoms with E-state index < -0.39 is 5.97 Å². The predicted octanol–water partition coefficient (Wildman–Crippen LogP) is 1.72. The fraction of sp³-hybridized carbons (Fsp3) is 0.364. The Morgan fingerprint density at radius 1 is 1.59 bits per heavy atom. The van der Waals surface area contributed by atoms with Gasteiger partial charge in [-0.3, -0.25) is 14.6 Å². The van der Waals surface area contributed by atoms with Gasteiger partial charge in [-0.2, -0.15) is 0 Å². The lowest BCUT2D eigenvalue weighted by Crippen LogP contribution is -2.33. The molecule has 1 amide bonds. The van der Waals surface area contributed by atoms with Gasteiger partial charge >= 0.3 is 5.97 Å². The van der Waals surface area contributed by atoms with Crippen molar-refractivity contribution in [1.82, 2.24) is 10.3 Å². The van der Waals surface area contributed by atoms with Gasteiger partial charge in [0.1, 0.15) is 0 Å². The SMILES string of the molecule is CC(CCC(=O)O)NC(=O)c1ccncc1Cl. The highest BCUT2D eigenvalue weighted by Crippen LogP contribution is 2.13. The molecule has 5 nitrogen and oxygen atoms in total. The molecule has 0 aliphatic rings. The normalized spacial score (nSPS) is 11.9. The number of carbonyl (C=O) groups excluding carboxylic acids is 1. The lowest BCUT2D eigenvalue weighted by atomic mass is 10.1. The number of hydrogen-bond donors (Lipinski definition) is 2. The van der Waals surface area contributed by atoms with E-state index in [1.54, 1.807) is 6.92 Å². The van der Waals surface area contributed by atoms with Gasteiger partial charge in [0, 0.05) is 24.9 Å². The van der Waals surface area contributed by atoms with Gasteiger partial charge in [0.2, 0.25) is 0 Å². The lowest BCUT2D eigenvalue weighted by Gasteiger charge is -2.13. The van der Waals surface area contributed by atoms with Crippen LogP contribution >= 0.6 is 11.6 Å². The van der Waals surface area contributed by atoms with E-state index >= 15 is 0 Å². The Kier molecular flexibility index (Phi) is 4.90. The minimum atomic E-state index is -0.881. The van der Waals surface area contributed by atoms with E-state index in [0.29, 0.717) is 12.0 Å². The molecule has 2 N–H and O–H groups in total. The van der Waals surface area contributed by atoms with Crippen molar-refractivity contribution in [2.24, 2.45) is 0 Å². The maximum Gasteiger partial charge on any atom is 0.303 e. The van der Waals surface area contributed by atoms with E-state index in [-0.39, 0.29) is 23.4 Å². The Morgan fingerprint density at radius 2 is 2.29 bits per heavy atom. The van der Waals surface area contributed by atoms with Gasteiger partial charge in [0.25, 0.3) is 5.91 Å². The molecule has 0 radical (unpaired) electrons. The number of halogens is 1. The van der Waals surface area contributed by atoms with Crippen LogP contribution in [0.3, 0.4) is 0 Å².